The average molecular weight is 358 g/mol. The first-order chi connectivity index (χ1) is 12.3. The van der Waals surface area contributed by atoms with Crippen LogP contribution in [0.3, 0.4) is 0 Å². The number of hydrogen-bond donors (Lipinski definition) is 0. The molecule has 0 aliphatic carbocycles. The maximum absolute atomic E-state index is 13.3. The van der Waals surface area contributed by atoms with Gasteiger partial charge in [0.1, 0.15) is 11.2 Å². The third-order valence-electron chi connectivity index (χ3n) is 4.00. The van der Waals surface area contributed by atoms with Crippen molar-refractivity contribution in [2.75, 3.05) is 0 Å². The van der Waals surface area contributed by atoms with Crippen LogP contribution >= 0.6 is 0 Å². The Morgan fingerprint density at radius 3 is 2.35 bits per heavy atom. The van der Waals surface area contributed by atoms with Crippen LogP contribution < -0.4 is 11.3 Å². The Morgan fingerprint density at radius 1 is 0.808 bits per heavy atom. The maximum atomic E-state index is 13.3. The summed E-state index contributed by atoms with van der Waals surface area (Å²) in [5, 5.41) is 0.333. The molecule has 0 aliphatic rings. The highest BCUT2D eigenvalue weighted by Gasteiger charge is 2.34. The largest absolute Gasteiger partial charge is 0.423 e. The molecule has 0 spiro atoms. The minimum atomic E-state index is -4.74. The molecular formula is C19H9F3O4. The van der Waals surface area contributed by atoms with Crippen molar-refractivity contribution >= 4 is 21.9 Å². The van der Waals surface area contributed by atoms with E-state index in [1.807, 2.05) is 0 Å². The van der Waals surface area contributed by atoms with Crippen molar-refractivity contribution in [2.45, 2.75) is 6.18 Å². The molecule has 0 atom stereocenters. The Bertz CT molecular complexity index is 1270. The first-order valence-electron chi connectivity index (χ1n) is 7.51. The number of para-hydroxylation sites is 1. The highest BCUT2D eigenvalue weighted by molar-refractivity contribution is 5.88. The van der Waals surface area contributed by atoms with Crippen LogP contribution in [0.2, 0.25) is 0 Å². The van der Waals surface area contributed by atoms with Crippen LogP contribution in [-0.2, 0) is 6.18 Å². The van der Waals surface area contributed by atoms with Gasteiger partial charge in [-0.1, -0.05) is 24.3 Å². The summed E-state index contributed by atoms with van der Waals surface area (Å²) in [6.45, 7) is 0. The minimum Gasteiger partial charge on any atom is -0.423 e. The molecule has 2 heterocycles. The SMILES string of the molecule is O=c1cc(C(F)(F)F)c2cc(-c3cc4ccccc4oc3=O)ccc2o1. The van der Waals surface area contributed by atoms with E-state index in [1.165, 1.54) is 18.2 Å². The fourth-order valence-corrected chi connectivity index (χ4v) is 2.83. The monoisotopic (exact) mass is 358 g/mol. The topological polar surface area (TPSA) is 60.4 Å². The molecule has 0 saturated heterocycles. The van der Waals surface area contributed by atoms with E-state index in [9.17, 15) is 22.8 Å². The summed E-state index contributed by atoms with van der Waals surface area (Å²) < 4.78 is 49.8. The van der Waals surface area contributed by atoms with Crippen molar-refractivity contribution in [1.29, 1.82) is 0 Å². The number of rotatable bonds is 1. The summed E-state index contributed by atoms with van der Waals surface area (Å²) >= 11 is 0. The van der Waals surface area contributed by atoms with Gasteiger partial charge in [-0.25, -0.2) is 9.59 Å². The summed E-state index contributed by atoms with van der Waals surface area (Å²) in [6, 6.07) is 12.6. The Labute approximate surface area is 143 Å². The number of hydrogen-bond acceptors (Lipinski definition) is 4. The van der Waals surface area contributed by atoms with Crippen molar-refractivity contribution < 1.29 is 22.0 Å². The molecule has 130 valence electrons. The van der Waals surface area contributed by atoms with Crippen LogP contribution in [0.4, 0.5) is 13.2 Å². The summed E-state index contributed by atoms with van der Waals surface area (Å²) in [5.74, 6) is 0. The van der Waals surface area contributed by atoms with Crippen molar-refractivity contribution in [2.24, 2.45) is 0 Å². The molecule has 0 amide bonds. The number of fused-ring (bicyclic) bond motifs is 2. The molecule has 0 N–H and O–H groups in total. The van der Waals surface area contributed by atoms with E-state index >= 15 is 0 Å². The molecule has 7 heteroatoms. The minimum absolute atomic E-state index is 0.116. The van der Waals surface area contributed by atoms with Crippen molar-refractivity contribution in [1.82, 2.24) is 0 Å². The van der Waals surface area contributed by atoms with E-state index in [2.05, 4.69) is 0 Å². The van der Waals surface area contributed by atoms with Gasteiger partial charge in [0.15, 0.2) is 0 Å². The average Bonchev–Trinajstić information content (AvgIpc) is 2.59. The lowest BCUT2D eigenvalue weighted by Gasteiger charge is -2.10. The van der Waals surface area contributed by atoms with Gasteiger partial charge in [-0.3, -0.25) is 0 Å². The van der Waals surface area contributed by atoms with E-state index in [0.717, 1.165) is 0 Å². The predicted octanol–water partition coefficient (Wildman–Crippen LogP) is 4.59. The fraction of sp³-hybridized carbons (Fsp3) is 0.0526. The number of halogens is 3. The molecule has 4 aromatic rings. The molecule has 0 unspecified atom stereocenters. The van der Waals surface area contributed by atoms with Crippen LogP contribution in [0.15, 0.2) is 73.0 Å². The van der Waals surface area contributed by atoms with Crippen LogP contribution in [0.5, 0.6) is 0 Å². The first kappa shape index (κ1) is 16.1. The van der Waals surface area contributed by atoms with E-state index < -0.39 is 23.0 Å². The molecule has 0 fully saturated rings. The highest BCUT2D eigenvalue weighted by atomic mass is 19.4. The zero-order valence-electron chi connectivity index (χ0n) is 13.0. The van der Waals surface area contributed by atoms with E-state index in [4.69, 9.17) is 8.83 Å². The lowest BCUT2D eigenvalue weighted by atomic mass is 10.0. The highest BCUT2D eigenvalue weighted by Crippen LogP contribution is 2.35. The second kappa shape index (κ2) is 5.59. The van der Waals surface area contributed by atoms with E-state index in [-0.39, 0.29) is 22.1 Å². The fourth-order valence-electron chi connectivity index (χ4n) is 2.83. The second-order valence-corrected chi connectivity index (χ2v) is 5.67. The van der Waals surface area contributed by atoms with Gasteiger partial charge in [0.05, 0.1) is 11.1 Å². The van der Waals surface area contributed by atoms with Crippen molar-refractivity contribution in [3.05, 3.63) is 81.0 Å². The van der Waals surface area contributed by atoms with E-state index in [1.54, 1.807) is 30.3 Å². The predicted molar refractivity (Wildman–Crippen MR) is 89.0 cm³/mol. The van der Waals surface area contributed by atoms with Gasteiger partial charge in [-0.15, -0.1) is 0 Å². The van der Waals surface area contributed by atoms with E-state index in [0.29, 0.717) is 17.0 Å². The Morgan fingerprint density at radius 2 is 1.58 bits per heavy atom. The standard InChI is InChI=1S/C19H9F3O4/c20-19(21,22)14-9-17(23)25-16-6-5-10(7-13(14)16)12-8-11-3-1-2-4-15(11)26-18(12)24/h1-9H. The first-order valence-corrected chi connectivity index (χ1v) is 7.51. The number of benzene rings is 2. The van der Waals surface area contributed by atoms with Crippen LogP contribution in [-0.4, -0.2) is 0 Å². The van der Waals surface area contributed by atoms with Gasteiger partial charge in [-0.2, -0.15) is 13.2 Å². The van der Waals surface area contributed by atoms with Crippen molar-refractivity contribution in [3.63, 3.8) is 0 Å². The lowest BCUT2D eigenvalue weighted by molar-refractivity contribution is -0.136. The molecule has 0 radical (unpaired) electrons. The molecule has 26 heavy (non-hydrogen) atoms. The second-order valence-electron chi connectivity index (χ2n) is 5.67. The zero-order chi connectivity index (χ0) is 18.5. The Kier molecular flexibility index (Phi) is 3.47. The normalized spacial score (nSPS) is 12.0. The molecule has 2 aromatic carbocycles. The Balaban J connectivity index is 2.02. The Hall–Kier alpha value is -3.35. The van der Waals surface area contributed by atoms with Gasteiger partial charge < -0.3 is 8.83 Å². The summed E-state index contributed by atoms with van der Waals surface area (Å²) in [7, 11) is 0. The molecule has 4 nitrogen and oxygen atoms in total. The summed E-state index contributed by atoms with van der Waals surface area (Å²) in [6.07, 6.45) is -4.74. The zero-order valence-corrected chi connectivity index (χ0v) is 13.0. The van der Waals surface area contributed by atoms with Gasteiger partial charge >= 0.3 is 17.4 Å². The van der Waals surface area contributed by atoms with Crippen LogP contribution in [0, 0.1) is 0 Å². The van der Waals surface area contributed by atoms with Crippen LogP contribution in [0.25, 0.3) is 33.1 Å². The summed E-state index contributed by atoms with van der Waals surface area (Å²) in [5.41, 5.74) is -2.36. The van der Waals surface area contributed by atoms with Gasteiger partial charge in [0.2, 0.25) is 0 Å². The summed E-state index contributed by atoms with van der Waals surface area (Å²) in [4.78, 5) is 23.6. The molecule has 4 rings (SSSR count). The number of alkyl halides is 3. The molecular weight excluding hydrogens is 349 g/mol. The quantitative estimate of drug-likeness (QED) is 0.467. The lowest BCUT2D eigenvalue weighted by Crippen LogP contribution is -2.11. The third kappa shape index (κ3) is 2.67. The molecule has 0 bridgehead atoms. The molecule has 0 aliphatic heterocycles. The molecule has 0 saturated carbocycles. The van der Waals surface area contributed by atoms with Gasteiger partial charge in [-0.05, 0) is 29.8 Å². The maximum Gasteiger partial charge on any atom is 0.417 e. The smallest absolute Gasteiger partial charge is 0.417 e. The molecule has 2 aromatic heterocycles. The van der Waals surface area contributed by atoms with Crippen molar-refractivity contribution in [3.8, 4) is 11.1 Å². The van der Waals surface area contributed by atoms with Crippen LogP contribution in [0.1, 0.15) is 5.56 Å². The third-order valence-corrected chi connectivity index (χ3v) is 4.00. The van der Waals surface area contributed by atoms with Gasteiger partial charge in [0, 0.05) is 16.8 Å². The van der Waals surface area contributed by atoms with Gasteiger partial charge in [0.25, 0.3) is 0 Å².